The Morgan fingerprint density at radius 1 is 0.923 bits per heavy atom. The molecule has 0 bridgehead atoms. The lowest BCUT2D eigenvalue weighted by Gasteiger charge is -1.99. The summed E-state index contributed by atoms with van der Waals surface area (Å²) in [5.74, 6) is 0. The van der Waals surface area contributed by atoms with Gasteiger partial charge in [0.2, 0.25) is 0 Å². The molecule has 0 radical (unpaired) electrons. The number of rotatable bonds is 0. The SMILES string of the molecule is [SiH3]C1=CC=c2cc3c(cc21)=CC=C3. The molecular weight excluding hydrogens is 172 g/mol. The zero-order valence-corrected chi connectivity index (χ0v) is 9.54. The lowest BCUT2D eigenvalue weighted by Crippen LogP contribution is -2.14. The summed E-state index contributed by atoms with van der Waals surface area (Å²) in [4.78, 5) is 0. The minimum absolute atomic E-state index is 1.14. The molecule has 0 spiro atoms. The molecule has 13 heavy (non-hydrogen) atoms. The van der Waals surface area contributed by atoms with Crippen molar-refractivity contribution >= 4 is 33.7 Å². The van der Waals surface area contributed by atoms with Crippen molar-refractivity contribution in [3.63, 3.8) is 0 Å². The van der Waals surface area contributed by atoms with E-state index in [9.17, 15) is 0 Å². The first-order chi connectivity index (χ1) is 6.34. The number of hydrogen-bond acceptors (Lipinski definition) is 0. The van der Waals surface area contributed by atoms with Gasteiger partial charge in [-0.2, -0.15) is 0 Å². The second-order valence-electron chi connectivity index (χ2n) is 3.61. The first-order valence-electron chi connectivity index (χ1n) is 4.56. The Labute approximate surface area is 80.0 Å². The van der Waals surface area contributed by atoms with Crippen molar-refractivity contribution < 1.29 is 0 Å². The summed E-state index contributed by atoms with van der Waals surface area (Å²) in [5, 5.41) is 4.28. The number of hydrogen-bond donors (Lipinski definition) is 0. The lowest BCUT2D eigenvalue weighted by molar-refractivity contribution is 1.51. The van der Waals surface area contributed by atoms with E-state index in [2.05, 4.69) is 42.5 Å². The van der Waals surface area contributed by atoms with Gasteiger partial charge >= 0.3 is 0 Å². The van der Waals surface area contributed by atoms with Crippen molar-refractivity contribution in [3.8, 4) is 0 Å². The topological polar surface area (TPSA) is 0 Å². The van der Waals surface area contributed by atoms with Crippen LogP contribution in [0.25, 0.3) is 23.4 Å². The third-order valence-electron chi connectivity index (χ3n) is 2.74. The minimum atomic E-state index is 1.14. The zero-order valence-electron chi connectivity index (χ0n) is 7.54. The fraction of sp³-hybridized carbons (Fsp3) is 0. The van der Waals surface area contributed by atoms with Gasteiger partial charge in [-0.15, -0.1) is 0 Å². The van der Waals surface area contributed by atoms with Crippen molar-refractivity contribution in [1.29, 1.82) is 0 Å². The van der Waals surface area contributed by atoms with Crippen LogP contribution in [0.2, 0.25) is 0 Å². The van der Waals surface area contributed by atoms with Crippen LogP contribution in [0.5, 0.6) is 0 Å². The normalized spacial score (nSPS) is 16.2. The van der Waals surface area contributed by atoms with Crippen molar-refractivity contribution in [2.24, 2.45) is 0 Å². The van der Waals surface area contributed by atoms with Gasteiger partial charge in [-0.05, 0) is 33.7 Å². The third-order valence-corrected chi connectivity index (χ3v) is 3.62. The molecule has 2 aliphatic carbocycles. The third kappa shape index (κ3) is 0.908. The molecular formula is C12H10Si. The summed E-state index contributed by atoms with van der Waals surface area (Å²) < 4.78 is 0. The summed E-state index contributed by atoms with van der Waals surface area (Å²) in [6.45, 7) is 0. The highest BCUT2D eigenvalue weighted by molar-refractivity contribution is 6.43. The molecule has 0 saturated heterocycles. The van der Waals surface area contributed by atoms with Crippen LogP contribution < -0.4 is 10.4 Å². The van der Waals surface area contributed by atoms with Gasteiger partial charge in [0.15, 0.2) is 0 Å². The smallest absolute Gasteiger partial charge is 0.0393 e. The Morgan fingerprint density at radius 2 is 1.85 bits per heavy atom. The minimum Gasteiger partial charge on any atom is -0.0630 e. The summed E-state index contributed by atoms with van der Waals surface area (Å²) in [7, 11) is 1.14. The quantitative estimate of drug-likeness (QED) is 0.495. The molecule has 0 heterocycles. The van der Waals surface area contributed by atoms with E-state index in [0.29, 0.717) is 0 Å². The summed E-state index contributed by atoms with van der Waals surface area (Å²) in [6.07, 6.45) is 11.0. The molecule has 0 aliphatic heterocycles. The van der Waals surface area contributed by atoms with E-state index in [1.807, 2.05) is 0 Å². The van der Waals surface area contributed by atoms with Crippen LogP contribution in [0.15, 0.2) is 24.3 Å². The van der Waals surface area contributed by atoms with Gasteiger partial charge in [-0.3, -0.25) is 0 Å². The largest absolute Gasteiger partial charge is 0.0630 e. The van der Waals surface area contributed by atoms with Gasteiger partial charge in [-0.25, -0.2) is 0 Å². The monoisotopic (exact) mass is 182 g/mol. The van der Waals surface area contributed by atoms with E-state index in [-0.39, 0.29) is 0 Å². The first-order valence-corrected chi connectivity index (χ1v) is 5.56. The molecule has 1 aromatic carbocycles. The molecule has 1 heteroatoms. The second kappa shape index (κ2) is 2.33. The van der Waals surface area contributed by atoms with Crippen LogP contribution >= 0.6 is 0 Å². The van der Waals surface area contributed by atoms with Crippen molar-refractivity contribution in [2.75, 3.05) is 0 Å². The Hall–Kier alpha value is -1.34. The molecule has 0 aromatic heterocycles. The maximum absolute atomic E-state index is 2.31. The van der Waals surface area contributed by atoms with E-state index in [0.717, 1.165) is 10.2 Å². The lowest BCUT2D eigenvalue weighted by atomic mass is 10.1. The predicted molar refractivity (Wildman–Crippen MR) is 61.6 cm³/mol. The van der Waals surface area contributed by atoms with Crippen LogP contribution in [-0.4, -0.2) is 10.2 Å². The number of fused-ring (bicyclic) bond motifs is 2. The Kier molecular flexibility index (Phi) is 1.27. The fourth-order valence-electron chi connectivity index (χ4n) is 1.98. The average Bonchev–Trinajstić information content (AvgIpc) is 2.70. The highest BCUT2D eigenvalue weighted by atomic mass is 28.1. The van der Waals surface area contributed by atoms with E-state index in [4.69, 9.17) is 0 Å². The van der Waals surface area contributed by atoms with E-state index < -0.39 is 0 Å². The van der Waals surface area contributed by atoms with E-state index in [1.165, 1.54) is 26.8 Å². The van der Waals surface area contributed by atoms with Gasteiger partial charge in [-0.1, -0.05) is 35.6 Å². The van der Waals surface area contributed by atoms with E-state index in [1.54, 1.807) is 0 Å². The maximum atomic E-state index is 2.31. The average molecular weight is 182 g/mol. The summed E-state index contributed by atoms with van der Waals surface area (Å²) >= 11 is 0. The van der Waals surface area contributed by atoms with Crippen LogP contribution in [-0.2, 0) is 0 Å². The molecule has 3 rings (SSSR count). The van der Waals surface area contributed by atoms with Crippen LogP contribution in [0.3, 0.4) is 0 Å². The van der Waals surface area contributed by atoms with Gasteiger partial charge in [0.25, 0.3) is 0 Å². The maximum Gasteiger partial charge on any atom is 0.0393 e. The highest BCUT2D eigenvalue weighted by Crippen LogP contribution is 2.11. The fourth-order valence-corrected chi connectivity index (χ4v) is 2.58. The molecule has 0 atom stereocenters. The highest BCUT2D eigenvalue weighted by Gasteiger charge is 2.05. The van der Waals surface area contributed by atoms with Crippen molar-refractivity contribution in [2.45, 2.75) is 0 Å². The molecule has 0 unspecified atom stereocenters. The molecule has 0 N–H and O–H groups in total. The van der Waals surface area contributed by atoms with Gasteiger partial charge < -0.3 is 0 Å². The molecule has 0 fully saturated rings. The molecule has 1 aromatic rings. The number of allylic oxidation sites excluding steroid dienone is 2. The molecule has 0 saturated carbocycles. The molecule has 0 amide bonds. The van der Waals surface area contributed by atoms with Gasteiger partial charge in [0.05, 0.1) is 0 Å². The van der Waals surface area contributed by atoms with Crippen LogP contribution in [0.4, 0.5) is 0 Å². The van der Waals surface area contributed by atoms with Crippen molar-refractivity contribution in [3.05, 3.63) is 45.8 Å². The molecule has 0 nitrogen and oxygen atoms in total. The summed E-state index contributed by atoms with van der Waals surface area (Å²) in [5.41, 5.74) is 2.81. The summed E-state index contributed by atoms with van der Waals surface area (Å²) in [6, 6.07) is 4.60. The second-order valence-corrected chi connectivity index (χ2v) is 4.69. The Morgan fingerprint density at radius 3 is 2.77 bits per heavy atom. The predicted octanol–water partition coefficient (Wildman–Crippen LogP) is -0.00570. The van der Waals surface area contributed by atoms with Gasteiger partial charge in [0.1, 0.15) is 0 Å². The Bertz CT molecular complexity index is 560. The first kappa shape index (κ1) is 7.10. The molecule has 2 aliphatic rings. The zero-order chi connectivity index (χ0) is 8.84. The van der Waals surface area contributed by atoms with Gasteiger partial charge in [0, 0.05) is 10.2 Å². The standard InChI is InChI=1S/C12H10Si/c13-12-5-4-10-6-8-2-1-3-9(8)7-11(10)12/h1-7H,13H3. The van der Waals surface area contributed by atoms with E-state index >= 15 is 0 Å². The van der Waals surface area contributed by atoms with Crippen LogP contribution in [0, 0.1) is 0 Å². The van der Waals surface area contributed by atoms with Crippen LogP contribution in [0.1, 0.15) is 11.1 Å². The van der Waals surface area contributed by atoms with Crippen molar-refractivity contribution in [1.82, 2.24) is 0 Å². The Balaban J connectivity index is 2.44. The number of benzene rings is 1. The molecule has 62 valence electrons.